The molecule has 1 unspecified atom stereocenters. The minimum Gasteiger partial charge on any atom is -0.469 e. The Hall–Kier alpha value is -2.04. The summed E-state index contributed by atoms with van der Waals surface area (Å²) in [5, 5.41) is 1.06. The number of hydrogen-bond donors (Lipinski definition) is 2. The van der Waals surface area contributed by atoms with E-state index in [1.54, 1.807) is 6.26 Å². The normalized spacial score (nSPS) is 13.0. The van der Waals surface area contributed by atoms with E-state index in [2.05, 4.69) is 5.43 Å². The second kappa shape index (κ2) is 4.33. The van der Waals surface area contributed by atoms with Crippen LogP contribution >= 0.6 is 0 Å². The second-order valence-corrected chi connectivity index (χ2v) is 4.28. The highest BCUT2D eigenvalue weighted by molar-refractivity contribution is 5.77. The van der Waals surface area contributed by atoms with Gasteiger partial charge in [-0.2, -0.15) is 0 Å². The molecule has 0 fully saturated rings. The van der Waals surface area contributed by atoms with E-state index in [4.69, 9.17) is 14.7 Å². The van der Waals surface area contributed by atoms with E-state index in [9.17, 15) is 0 Å². The third-order valence-electron chi connectivity index (χ3n) is 2.98. The molecule has 0 aliphatic carbocycles. The van der Waals surface area contributed by atoms with Crippen LogP contribution < -0.4 is 11.3 Å². The van der Waals surface area contributed by atoms with Gasteiger partial charge in [0.1, 0.15) is 23.1 Å². The summed E-state index contributed by atoms with van der Waals surface area (Å²) >= 11 is 0. The maximum absolute atomic E-state index is 5.80. The van der Waals surface area contributed by atoms with Crippen LogP contribution in [0.3, 0.4) is 0 Å². The Kier molecular flexibility index (Phi) is 2.66. The molecular weight excluding hydrogens is 228 g/mol. The van der Waals surface area contributed by atoms with Crippen LogP contribution in [0.5, 0.6) is 0 Å². The SMILES string of the molecule is Cc1cc(C(NN)c2cc3ccccc3o2)co1. The molecule has 0 saturated carbocycles. The molecule has 0 bridgehead atoms. The molecule has 0 spiro atoms. The smallest absolute Gasteiger partial charge is 0.134 e. The number of nitrogens with two attached hydrogens (primary N) is 1. The Labute approximate surface area is 104 Å². The quantitative estimate of drug-likeness (QED) is 0.547. The van der Waals surface area contributed by atoms with Crippen molar-refractivity contribution in [1.29, 1.82) is 0 Å². The monoisotopic (exact) mass is 242 g/mol. The summed E-state index contributed by atoms with van der Waals surface area (Å²) in [6.45, 7) is 1.90. The maximum Gasteiger partial charge on any atom is 0.134 e. The lowest BCUT2D eigenvalue weighted by atomic mass is 10.1. The van der Waals surface area contributed by atoms with Crippen molar-refractivity contribution in [3.63, 3.8) is 0 Å². The summed E-state index contributed by atoms with van der Waals surface area (Å²) in [7, 11) is 0. The Morgan fingerprint density at radius 1 is 1.22 bits per heavy atom. The fraction of sp³-hybridized carbons (Fsp3) is 0.143. The first-order valence-electron chi connectivity index (χ1n) is 5.77. The number of para-hydroxylation sites is 1. The van der Waals surface area contributed by atoms with Crippen LogP contribution in [0.2, 0.25) is 0 Å². The molecule has 3 rings (SSSR count). The van der Waals surface area contributed by atoms with Crippen molar-refractivity contribution in [3.05, 3.63) is 59.7 Å². The Morgan fingerprint density at radius 3 is 2.72 bits per heavy atom. The number of hydrogen-bond acceptors (Lipinski definition) is 4. The highest BCUT2D eigenvalue weighted by Gasteiger charge is 2.18. The molecule has 1 aromatic carbocycles. The van der Waals surface area contributed by atoms with Gasteiger partial charge in [-0.15, -0.1) is 0 Å². The van der Waals surface area contributed by atoms with Gasteiger partial charge in [-0.05, 0) is 25.1 Å². The Balaban J connectivity index is 2.05. The predicted octanol–water partition coefficient (Wildman–Crippen LogP) is 2.89. The number of furan rings is 2. The molecule has 0 radical (unpaired) electrons. The average molecular weight is 242 g/mol. The second-order valence-electron chi connectivity index (χ2n) is 4.28. The van der Waals surface area contributed by atoms with E-state index >= 15 is 0 Å². The molecule has 0 amide bonds. The van der Waals surface area contributed by atoms with Crippen LogP contribution in [0, 0.1) is 6.92 Å². The van der Waals surface area contributed by atoms with Crippen molar-refractivity contribution < 1.29 is 8.83 Å². The fourth-order valence-electron chi connectivity index (χ4n) is 2.10. The van der Waals surface area contributed by atoms with Gasteiger partial charge in [0.2, 0.25) is 0 Å². The molecule has 4 heteroatoms. The first-order valence-corrected chi connectivity index (χ1v) is 5.77. The molecular formula is C14H14N2O2. The van der Waals surface area contributed by atoms with E-state index in [0.29, 0.717) is 0 Å². The van der Waals surface area contributed by atoms with Gasteiger partial charge in [-0.3, -0.25) is 5.84 Å². The Bertz CT molecular complexity index is 636. The molecule has 4 nitrogen and oxygen atoms in total. The maximum atomic E-state index is 5.80. The molecule has 2 aromatic heterocycles. The van der Waals surface area contributed by atoms with Gasteiger partial charge >= 0.3 is 0 Å². The van der Waals surface area contributed by atoms with Gasteiger partial charge in [0.05, 0.1) is 6.26 Å². The first kappa shape index (κ1) is 11.1. The fourth-order valence-corrected chi connectivity index (χ4v) is 2.10. The average Bonchev–Trinajstić information content (AvgIpc) is 2.96. The van der Waals surface area contributed by atoms with Crippen LogP contribution in [0.4, 0.5) is 0 Å². The van der Waals surface area contributed by atoms with Gasteiger partial charge < -0.3 is 8.83 Å². The zero-order valence-corrected chi connectivity index (χ0v) is 10.0. The molecule has 2 heterocycles. The van der Waals surface area contributed by atoms with Gasteiger partial charge in [0, 0.05) is 10.9 Å². The highest BCUT2D eigenvalue weighted by atomic mass is 16.3. The minimum atomic E-state index is -0.199. The van der Waals surface area contributed by atoms with Gasteiger partial charge in [0.15, 0.2) is 0 Å². The molecule has 3 N–H and O–H groups in total. The summed E-state index contributed by atoms with van der Waals surface area (Å²) in [6.07, 6.45) is 1.69. The number of rotatable bonds is 3. The van der Waals surface area contributed by atoms with Gasteiger partial charge in [-0.25, -0.2) is 5.43 Å². The highest BCUT2D eigenvalue weighted by Crippen LogP contribution is 2.28. The standard InChI is InChI=1S/C14H14N2O2/c1-9-6-11(8-17-9)14(16-15)13-7-10-4-2-3-5-12(10)18-13/h2-8,14,16H,15H2,1H3. The minimum absolute atomic E-state index is 0.199. The van der Waals surface area contributed by atoms with Crippen molar-refractivity contribution in [3.8, 4) is 0 Å². The van der Waals surface area contributed by atoms with E-state index in [1.807, 2.05) is 43.3 Å². The van der Waals surface area contributed by atoms with E-state index in [0.717, 1.165) is 28.1 Å². The predicted molar refractivity (Wildman–Crippen MR) is 68.8 cm³/mol. The van der Waals surface area contributed by atoms with E-state index in [1.165, 1.54) is 0 Å². The van der Waals surface area contributed by atoms with Gasteiger partial charge in [0.25, 0.3) is 0 Å². The van der Waals surface area contributed by atoms with Crippen LogP contribution in [0.15, 0.2) is 51.5 Å². The number of benzene rings is 1. The lowest BCUT2D eigenvalue weighted by molar-refractivity contribution is 0.470. The number of aryl methyl sites for hydroxylation is 1. The van der Waals surface area contributed by atoms with E-state index < -0.39 is 0 Å². The number of hydrazine groups is 1. The molecule has 1 atom stereocenters. The first-order chi connectivity index (χ1) is 8.78. The lowest BCUT2D eigenvalue weighted by Gasteiger charge is -2.10. The van der Waals surface area contributed by atoms with Crippen LogP contribution in [0.1, 0.15) is 23.1 Å². The van der Waals surface area contributed by atoms with Crippen LogP contribution in [-0.2, 0) is 0 Å². The van der Waals surface area contributed by atoms with Crippen molar-refractivity contribution in [2.45, 2.75) is 13.0 Å². The zero-order valence-electron chi connectivity index (χ0n) is 10.0. The Morgan fingerprint density at radius 2 is 2.06 bits per heavy atom. The lowest BCUT2D eigenvalue weighted by Crippen LogP contribution is -2.28. The van der Waals surface area contributed by atoms with Crippen molar-refractivity contribution in [2.75, 3.05) is 0 Å². The summed E-state index contributed by atoms with van der Waals surface area (Å²) in [6, 6.07) is 11.6. The summed E-state index contributed by atoms with van der Waals surface area (Å²) < 4.78 is 11.1. The molecule has 0 aliphatic heterocycles. The topological polar surface area (TPSA) is 64.3 Å². The van der Waals surface area contributed by atoms with Crippen molar-refractivity contribution >= 4 is 11.0 Å². The summed E-state index contributed by atoms with van der Waals surface area (Å²) in [5.74, 6) is 7.24. The van der Waals surface area contributed by atoms with Gasteiger partial charge in [-0.1, -0.05) is 18.2 Å². The third kappa shape index (κ3) is 1.81. The molecule has 0 aliphatic rings. The van der Waals surface area contributed by atoms with E-state index in [-0.39, 0.29) is 6.04 Å². The molecule has 0 saturated heterocycles. The van der Waals surface area contributed by atoms with Crippen LogP contribution in [-0.4, -0.2) is 0 Å². The third-order valence-corrected chi connectivity index (χ3v) is 2.98. The number of fused-ring (bicyclic) bond motifs is 1. The molecule has 18 heavy (non-hydrogen) atoms. The molecule has 3 aromatic rings. The largest absolute Gasteiger partial charge is 0.469 e. The van der Waals surface area contributed by atoms with Crippen molar-refractivity contribution in [1.82, 2.24) is 5.43 Å². The summed E-state index contributed by atoms with van der Waals surface area (Å²) in [4.78, 5) is 0. The zero-order chi connectivity index (χ0) is 12.5. The summed E-state index contributed by atoms with van der Waals surface area (Å²) in [5.41, 5.74) is 4.56. The van der Waals surface area contributed by atoms with Crippen molar-refractivity contribution in [2.24, 2.45) is 5.84 Å². The molecule has 92 valence electrons. The number of nitrogens with one attached hydrogen (secondary N) is 1. The van der Waals surface area contributed by atoms with Crippen LogP contribution in [0.25, 0.3) is 11.0 Å².